The summed E-state index contributed by atoms with van der Waals surface area (Å²) in [5.74, 6) is -1.19. The van der Waals surface area contributed by atoms with Gasteiger partial charge in [0, 0.05) is 10.7 Å². The second-order valence-electron chi connectivity index (χ2n) is 6.75. The standard InChI is InChI=1S/C20H23ClN2O5S/c1-10(2)27-18(24)15-12(5)16(19(25)28-11(3)4)29-17(15)23-20(26)22-14-8-6-13(21)7-9-14/h6-11H,1-5H3,(H2,22,23,26). The first-order chi connectivity index (χ1) is 13.6. The van der Waals surface area contributed by atoms with Crippen molar-refractivity contribution in [2.75, 3.05) is 10.6 Å². The molecule has 1 aromatic heterocycles. The van der Waals surface area contributed by atoms with Gasteiger partial charge in [-0.1, -0.05) is 11.6 Å². The van der Waals surface area contributed by atoms with Crippen LogP contribution in [-0.4, -0.2) is 30.2 Å². The third-order valence-corrected chi connectivity index (χ3v) is 4.99. The molecule has 9 heteroatoms. The quantitative estimate of drug-likeness (QED) is 0.582. The first-order valence-corrected chi connectivity index (χ1v) is 10.2. The molecule has 0 radical (unpaired) electrons. The lowest BCUT2D eigenvalue weighted by Crippen LogP contribution is -2.21. The third kappa shape index (κ3) is 6.20. The van der Waals surface area contributed by atoms with Crippen molar-refractivity contribution < 1.29 is 23.9 Å². The van der Waals surface area contributed by atoms with Gasteiger partial charge in [-0.05, 0) is 64.4 Å². The van der Waals surface area contributed by atoms with E-state index in [0.717, 1.165) is 11.3 Å². The second-order valence-corrected chi connectivity index (χ2v) is 8.21. The monoisotopic (exact) mass is 438 g/mol. The molecular weight excluding hydrogens is 416 g/mol. The van der Waals surface area contributed by atoms with Crippen molar-refractivity contribution in [2.45, 2.75) is 46.8 Å². The number of hydrogen-bond donors (Lipinski definition) is 2. The smallest absolute Gasteiger partial charge is 0.348 e. The van der Waals surface area contributed by atoms with Crippen molar-refractivity contribution >= 4 is 51.6 Å². The Morgan fingerprint density at radius 1 is 0.931 bits per heavy atom. The number of thiophene rings is 1. The maximum Gasteiger partial charge on any atom is 0.348 e. The Morgan fingerprint density at radius 3 is 2.03 bits per heavy atom. The van der Waals surface area contributed by atoms with Crippen LogP contribution in [0.2, 0.25) is 5.02 Å². The van der Waals surface area contributed by atoms with Gasteiger partial charge in [0.05, 0.1) is 17.8 Å². The number of benzene rings is 1. The van der Waals surface area contributed by atoms with E-state index in [9.17, 15) is 14.4 Å². The van der Waals surface area contributed by atoms with Crippen molar-refractivity contribution in [1.82, 2.24) is 0 Å². The number of amides is 2. The van der Waals surface area contributed by atoms with Gasteiger partial charge in [-0.3, -0.25) is 5.32 Å². The molecule has 1 heterocycles. The molecule has 2 amide bonds. The van der Waals surface area contributed by atoms with Crippen molar-refractivity contribution in [3.05, 3.63) is 45.3 Å². The Hall–Kier alpha value is -2.58. The van der Waals surface area contributed by atoms with E-state index >= 15 is 0 Å². The van der Waals surface area contributed by atoms with Gasteiger partial charge in [0.2, 0.25) is 0 Å². The van der Waals surface area contributed by atoms with Crippen LogP contribution < -0.4 is 10.6 Å². The minimum Gasteiger partial charge on any atom is -0.459 e. The molecule has 2 rings (SSSR count). The van der Waals surface area contributed by atoms with Gasteiger partial charge < -0.3 is 14.8 Å². The molecule has 0 aliphatic heterocycles. The third-order valence-electron chi connectivity index (χ3n) is 3.55. The van der Waals surface area contributed by atoms with E-state index in [0.29, 0.717) is 16.3 Å². The van der Waals surface area contributed by atoms with Crippen molar-refractivity contribution in [2.24, 2.45) is 0 Å². The van der Waals surface area contributed by atoms with E-state index in [2.05, 4.69) is 10.6 Å². The lowest BCUT2D eigenvalue weighted by atomic mass is 10.1. The highest BCUT2D eigenvalue weighted by atomic mass is 35.5. The molecule has 0 aliphatic rings. The topological polar surface area (TPSA) is 93.7 Å². The van der Waals surface area contributed by atoms with Crippen molar-refractivity contribution in [1.29, 1.82) is 0 Å². The Morgan fingerprint density at radius 2 is 1.48 bits per heavy atom. The van der Waals surface area contributed by atoms with Crippen molar-refractivity contribution in [3.8, 4) is 0 Å². The molecule has 0 saturated carbocycles. The molecule has 0 unspecified atom stereocenters. The Balaban J connectivity index is 2.32. The highest BCUT2D eigenvalue weighted by Gasteiger charge is 2.28. The second kappa shape index (κ2) is 9.76. The van der Waals surface area contributed by atoms with E-state index in [-0.39, 0.29) is 27.6 Å². The lowest BCUT2D eigenvalue weighted by Gasteiger charge is -2.11. The van der Waals surface area contributed by atoms with E-state index in [1.165, 1.54) is 0 Å². The van der Waals surface area contributed by atoms with Crippen LogP contribution >= 0.6 is 22.9 Å². The Bertz CT molecular complexity index is 906. The fourth-order valence-corrected chi connectivity index (χ4v) is 3.58. The number of esters is 2. The number of carbonyl (C=O) groups is 3. The number of carbonyl (C=O) groups excluding carboxylic acids is 3. The average molecular weight is 439 g/mol. The molecule has 2 aromatic rings. The molecule has 0 spiro atoms. The summed E-state index contributed by atoms with van der Waals surface area (Å²) in [6, 6.07) is 5.98. The Labute approximate surface area is 178 Å². The van der Waals surface area contributed by atoms with Gasteiger partial charge >= 0.3 is 18.0 Å². The SMILES string of the molecule is Cc1c(C(=O)OC(C)C)sc(NC(=O)Nc2ccc(Cl)cc2)c1C(=O)OC(C)C. The summed E-state index contributed by atoms with van der Waals surface area (Å²) in [5, 5.41) is 6.01. The fourth-order valence-electron chi connectivity index (χ4n) is 2.38. The molecule has 1 aromatic carbocycles. The summed E-state index contributed by atoms with van der Waals surface area (Å²) in [6.45, 7) is 8.51. The predicted molar refractivity (Wildman–Crippen MR) is 114 cm³/mol. The predicted octanol–water partition coefficient (Wildman–Crippen LogP) is 5.48. The zero-order valence-corrected chi connectivity index (χ0v) is 18.4. The number of urea groups is 1. The van der Waals surface area contributed by atoms with E-state index in [1.807, 2.05) is 0 Å². The molecule has 0 aliphatic carbocycles. The highest BCUT2D eigenvalue weighted by molar-refractivity contribution is 7.18. The van der Waals surface area contributed by atoms with Crippen LogP contribution in [-0.2, 0) is 9.47 Å². The molecule has 156 valence electrons. The molecular formula is C20H23ClN2O5S. The molecule has 2 N–H and O–H groups in total. The summed E-state index contributed by atoms with van der Waals surface area (Å²) in [5.41, 5.74) is 1.05. The van der Waals surface area contributed by atoms with Crippen LogP contribution in [0.15, 0.2) is 24.3 Å². The number of hydrogen-bond acceptors (Lipinski definition) is 6. The summed E-state index contributed by atoms with van der Waals surface area (Å²) >= 11 is 6.80. The molecule has 0 fully saturated rings. The maximum atomic E-state index is 12.6. The van der Waals surface area contributed by atoms with Crippen molar-refractivity contribution in [3.63, 3.8) is 0 Å². The lowest BCUT2D eigenvalue weighted by molar-refractivity contribution is 0.0378. The van der Waals surface area contributed by atoms with Gasteiger partial charge in [0.1, 0.15) is 9.88 Å². The largest absolute Gasteiger partial charge is 0.459 e. The summed E-state index contributed by atoms with van der Waals surface area (Å²) in [7, 11) is 0. The van der Waals surface area contributed by atoms with Gasteiger partial charge in [-0.25, -0.2) is 14.4 Å². The molecule has 0 bridgehead atoms. The minimum absolute atomic E-state index is 0.130. The summed E-state index contributed by atoms with van der Waals surface area (Å²) < 4.78 is 10.5. The number of rotatable bonds is 6. The number of halogens is 1. The molecule has 0 atom stereocenters. The van der Waals surface area contributed by atoms with Crippen LogP contribution in [0.4, 0.5) is 15.5 Å². The zero-order chi connectivity index (χ0) is 21.7. The first kappa shape index (κ1) is 22.7. The van der Waals surface area contributed by atoms with E-state index in [1.54, 1.807) is 58.9 Å². The number of anilines is 2. The van der Waals surface area contributed by atoms with E-state index < -0.39 is 18.0 Å². The highest BCUT2D eigenvalue weighted by Crippen LogP contribution is 2.35. The molecule has 0 saturated heterocycles. The fraction of sp³-hybridized carbons (Fsp3) is 0.350. The van der Waals surface area contributed by atoms with Gasteiger partial charge in [-0.2, -0.15) is 0 Å². The summed E-state index contributed by atoms with van der Waals surface area (Å²) in [4.78, 5) is 37.6. The van der Waals surface area contributed by atoms with Crippen LogP contribution in [0.25, 0.3) is 0 Å². The normalized spacial score (nSPS) is 10.8. The number of nitrogens with one attached hydrogen (secondary N) is 2. The minimum atomic E-state index is -0.626. The average Bonchev–Trinajstić information content (AvgIpc) is 2.92. The van der Waals surface area contributed by atoms with Crippen LogP contribution in [0.1, 0.15) is 53.3 Å². The van der Waals surface area contributed by atoms with Crippen LogP contribution in [0, 0.1) is 6.92 Å². The summed E-state index contributed by atoms with van der Waals surface area (Å²) in [6.07, 6.45) is -0.678. The van der Waals surface area contributed by atoms with Gasteiger partial charge in [0.25, 0.3) is 0 Å². The first-order valence-electron chi connectivity index (χ1n) is 8.97. The van der Waals surface area contributed by atoms with Crippen LogP contribution in [0.3, 0.4) is 0 Å². The van der Waals surface area contributed by atoms with Gasteiger partial charge in [-0.15, -0.1) is 11.3 Å². The van der Waals surface area contributed by atoms with E-state index in [4.69, 9.17) is 21.1 Å². The van der Waals surface area contributed by atoms with Gasteiger partial charge in [0.15, 0.2) is 0 Å². The van der Waals surface area contributed by atoms with Crippen LogP contribution in [0.5, 0.6) is 0 Å². The number of ether oxygens (including phenoxy) is 2. The molecule has 29 heavy (non-hydrogen) atoms. The Kier molecular flexibility index (Phi) is 7.64. The zero-order valence-electron chi connectivity index (χ0n) is 16.8. The maximum absolute atomic E-state index is 12.6. The molecule has 7 nitrogen and oxygen atoms in total.